The fourth-order valence-corrected chi connectivity index (χ4v) is 10.1. The van der Waals surface area contributed by atoms with Gasteiger partial charge in [0.25, 0.3) is 0 Å². The summed E-state index contributed by atoms with van der Waals surface area (Å²) in [4.78, 5) is 36.1. The Morgan fingerprint density at radius 1 is 0.941 bits per heavy atom. The lowest BCUT2D eigenvalue weighted by atomic mass is 9.55. The molecule has 2 aliphatic carbocycles. The highest BCUT2D eigenvalue weighted by Gasteiger charge is 2.66. The van der Waals surface area contributed by atoms with E-state index in [1.807, 2.05) is 94.4 Å². The molecule has 0 bridgehead atoms. The van der Waals surface area contributed by atoms with Gasteiger partial charge in [-0.3, -0.25) is 4.90 Å². The molecule has 4 aromatic rings. The topological polar surface area (TPSA) is 158 Å². The molecule has 1 fully saturated rings. The highest BCUT2D eigenvalue weighted by atomic mass is 16.7. The number of oxime groups is 1. The predicted octanol–water partition coefficient (Wildman–Crippen LogP) is 10.2. The maximum atomic E-state index is 15.2. The Kier molecular flexibility index (Phi) is 17.3. The summed E-state index contributed by atoms with van der Waals surface area (Å²) in [7, 11) is 0. The SMILES string of the molecule is C=CCO[C@@]12Oc3ccc(OC(=O)NCC)cc3[C@H]3[C@H](CCCCO)[C@@H](CCCCO)C=C(C(=NOC(C)(C)C)C[C@@H]1N(Cc1cccc4ccccc14)C(=O)OCCOCc1ccccc1)[C@H]32. The summed E-state index contributed by atoms with van der Waals surface area (Å²) in [6, 6.07) is 28.6. The number of nitrogens with one attached hydrogen (secondary N) is 1. The molecule has 68 heavy (non-hydrogen) atoms. The largest absolute Gasteiger partial charge is 0.459 e. The van der Waals surface area contributed by atoms with Crippen molar-refractivity contribution in [3.8, 4) is 11.5 Å². The van der Waals surface area contributed by atoms with Gasteiger partial charge in [0.2, 0.25) is 5.79 Å². The lowest BCUT2D eigenvalue weighted by Crippen LogP contribution is -2.70. The number of amides is 2. The maximum absolute atomic E-state index is 15.2. The number of carbonyl (C=O) groups is 2. The van der Waals surface area contributed by atoms with E-state index in [0.29, 0.717) is 43.2 Å². The second-order valence-corrected chi connectivity index (χ2v) is 18.8. The number of benzene rings is 4. The van der Waals surface area contributed by atoms with Crippen molar-refractivity contribution in [2.45, 2.75) is 109 Å². The predicted molar refractivity (Wildman–Crippen MR) is 262 cm³/mol. The van der Waals surface area contributed by atoms with Gasteiger partial charge in [0.05, 0.1) is 38.0 Å². The summed E-state index contributed by atoms with van der Waals surface area (Å²) in [6.07, 6.45) is 7.34. The summed E-state index contributed by atoms with van der Waals surface area (Å²) in [5.74, 6) is -1.59. The molecule has 0 spiro atoms. The molecule has 0 aromatic heterocycles. The van der Waals surface area contributed by atoms with Crippen LogP contribution in [-0.4, -0.2) is 90.0 Å². The average Bonchev–Trinajstić information content (AvgIpc) is 3.33. The maximum Gasteiger partial charge on any atom is 0.412 e. The first kappa shape index (κ1) is 50.2. The first-order valence-electron chi connectivity index (χ1n) is 24.2. The van der Waals surface area contributed by atoms with Crippen LogP contribution in [0.1, 0.15) is 95.2 Å². The van der Waals surface area contributed by atoms with Gasteiger partial charge in [0.1, 0.15) is 29.7 Å². The molecule has 1 heterocycles. The average molecular weight is 932 g/mol. The molecule has 0 radical (unpaired) electrons. The van der Waals surface area contributed by atoms with E-state index in [1.165, 1.54) is 0 Å². The van der Waals surface area contributed by atoms with E-state index >= 15 is 4.79 Å². The Balaban J connectivity index is 1.42. The van der Waals surface area contributed by atoms with Crippen molar-refractivity contribution < 1.29 is 48.3 Å². The van der Waals surface area contributed by atoms with E-state index in [9.17, 15) is 15.0 Å². The van der Waals surface area contributed by atoms with E-state index < -0.39 is 35.5 Å². The standard InChI is InChI=1S/C55H69N3O10/c1-6-30-65-55-49(58(36-41-23-17-22-39-20-11-12-24-43(39)41)53(62)64-32-31-63-37-38-18-9-8-10-19-38)35-47(57-68-54(3,4)5)45-33-40(21-13-15-28-59)44(25-14-16-29-60)50(51(45)55)46-34-42(26-27-48(46)67-55)66-52(61)56-7-2/h6,8-12,17-20,22-24,26-27,33-34,40,44,49-51,59-60H,1,7,13-16,21,25,28-32,35-37H2,2-5H3,(H,56,61)/t40-,44+,49-,50+,51+,55+/m0/s1. The van der Waals surface area contributed by atoms with E-state index in [2.05, 4.69) is 36.2 Å². The highest BCUT2D eigenvalue weighted by molar-refractivity contribution is 6.03. The van der Waals surface area contributed by atoms with Gasteiger partial charge in [-0.25, -0.2) is 9.59 Å². The Labute approximate surface area is 401 Å². The summed E-state index contributed by atoms with van der Waals surface area (Å²) in [5, 5.41) is 29.7. The third kappa shape index (κ3) is 11.9. The van der Waals surface area contributed by atoms with Crippen molar-refractivity contribution in [2.75, 3.05) is 39.6 Å². The number of aliphatic hydroxyl groups is 2. The monoisotopic (exact) mass is 931 g/mol. The number of ether oxygens (including phenoxy) is 5. The molecule has 0 saturated heterocycles. The number of hydrogen-bond donors (Lipinski definition) is 3. The lowest BCUT2D eigenvalue weighted by Gasteiger charge is -2.60. The van der Waals surface area contributed by atoms with Gasteiger partial charge < -0.3 is 44.1 Å². The Hall–Kier alpha value is -5.73. The molecule has 4 aromatic carbocycles. The third-order valence-electron chi connectivity index (χ3n) is 13.0. The van der Waals surface area contributed by atoms with Crippen LogP contribution in [0.4, 0.5) is 9.59 Å². The van der Waals surface area contributed by atoms with Crippen LogP contribution in [-0.2, 0) is 32.2 Å². The fourth-order valence-electron chi connectivity index (χ4n) is 10.1. The van der Waals surface area contributed by atoms with Crippen molar-refractivity contribution in [1.29, 1.82) is 0 Å². The summed E-state index contributed by atoms with van der Waals surface area (Å²) in [5.41, 5.74) is 3.64. The molecule has 1 saturated carbocycles. The van der Waals surface area contributed by atoms with Gasteiger partial charge >= 0.3 is 12.2 Å². The van der Waals surface area contributed by atoms with Gasteiger partial charge in [0, 0.05) is 37.7 Å². The van der Waals surface area contributed by atoms with Gasteiger partial charge in [-0.05, 0) is 111 Å². The second kappa shape index (κ2) is 23.5. The molecule has 364 valence electrons. The van der Waals surface area contributed by atoms with Crippen molar-refractivity contribution in [2.24, 2.45) is 22.9 Å². The molecular weight excluding hydrogens is 863 g/mol. The molecule has 2 amide bonds. The van der Waals surface area contributed by atoms with Crippen molar-refractivity contribution in [1.82, 2.24) is 10.2 Å². The molecular formula is C55H69N3O10. The number of rotatable bonds is 22. The third-order valence-corrected chi connectivity index (χ3v) is 13.0. The minimum absolute atomic E-state index is 0.00322. The van der Waals surface area contributed by atoms with E-state index in [4.69, 9.17) is 33.7 Å². The van der Waals surface area contributed by atoms with Crippen LogP contribution >= 0.6 is 0 Å². The smallest absolute Gasteiger partial charge is 0.412 e. The number of carbonyl (C=O) groups excluding carboxylic acids is 2. The molecule has 1 aliphatic heterocycles. The van der Waals surface area contributed by atoms with Crippen molar-refractivity contribution in [3.63, 3.8) is 0 Å². The summed E-state index contributed by atoms with van der Waals surface area (Å²) >= 11 is 0. The molecule has 13 heteroatoms. The number of unbranched alkanes of at least 4 members (excludes halogenated alkanes) is 2. The zero-order chi connectivity index (χ0) is 48.1. The van der Waals surface area contributed by atoms with E-state index in [-0.39, 0.29) is 63.8 Å². The number of nitrogens with zero attached hydrogens (tertiary/aromatic N) is 2. The van der Waals surface area contributed by atoms with Crippen LogP contribution in [0.15, 0.2) is 120 Å². The minimum Gasteiger partial charge on any atom is -0.459 e. The number of allylic oxidation sites excluding steroid dienone is 1. The van der Waals surface area contributed by atoms with Crippen molar-refractivity contribution >= 4 is 28.7 Å². The van der Waals surface area contributed by atoms with Gasteiger partial charge in [-0.1, -0.05) is 103 Å². The molecule has 3 N–H and O–H groups in total. The molecule has 6 atom stereocenters. The second-order valence-electron chi connectivity index (χ2n) is 18.8. The first-order chi connectivity index (χ1) is 33.0. The summed E-state index contributed by atoms with van der Waals surface area (Å²) < 4.78 is 32.6. The molecule has 13 nitrogen and oxygen atoms in total. The summed E-state index contributed by atoms with van der Waals surface area (Å²) in [6.45, 7) is 13.0. The van der Waals surface area contributed by atoms with Gasteiger partial charge in [-0.15, -0.1) is 6.58 Å². The number of hydrogen-bond acceptors (Lipinski definition) is 11. The quantitative estimate of drug-likeness (QED) is 0.0394. The fraction of sp³-hybridized carbons (Fsp3) is 0.473. The molecule has 0 unspecified atom stereocenters. The molecule has 7 rings (SSSR count). The van der Waals surface area contributed by atoms with E-state index in [0.717, 1.165) is 58.7 Å². The zero-order valence-corrected chi connectivity index (χ0v) is 40.1. The van der Waals surface area contributed by atoms with Crippen molar-refractivity contribution in [3.05, 3.63) is 132 Å². The van der Waals surface area contributed by atoms with E-state index in [1.54, 1.807) is 17.0 Å². The van der Waals surface area contributed by atoms with Crippen LogP contribution in [0.3, 0.4) is 0 Å². The Morgan fingerprint density at radius 3 is 2.44 bits per heavy atom. The number of aliphatic hydroxyl groups excluding tert-OH is 2. The Bertz CT molecular complexity index is 2380. The van der Waals surface area contributed by atoms with Crippen LogP contribution < -0.4 is 14.8 Å². The highest BCUT2D eigenvalue weighted by Crippen LogP contribution is 2.62. The lowest BCUT2D eigenvalue weighted by molar-refractivity contribution is -0.256. The minimum atomic E-state index is -1.54. The Morgan fingerprint density at radius 2 is 1.69 bits per heavy atom. The van der Waals surface area contributed by atoms with Gasteiger partial charge in [0.15, 0.2) is 0 Å². The first-order valence-corrected chi connectivity index (χ1v) is 24.2. The number of fused-ring (bicyclic) bond motifs is 3. The normalized spacial score (nSPS) is 22.3. The van der Waals surface area contributed by atoms with Crippen LogP contribution in [0.25, 0.3) is 10.8 Å². The van der Waals surface area contributed by atoms with Crippen LogP contribution in [0.2, 0.25) is 0 Å². The molecule has 3 aliphatic rings. The van der Waals surface area contributed by atoms with Crippen LogP contribution in [0.5, 0.6) is 11.5 Å². The van der Waals surface area contributed by atoms with Crippen LogP contribution in [0, 0.1) is 17.8 Å². The zero-order valence-electron chi connectivity index (χ0n) is 40.1. The van der Waals surface area contributed by atoms with Gasteiger partial charge in [-0.2, -0.15) is 0 Å².